The normalized spacial score (nSPS) is 28.3. The maximum atomic E-state index is 12.1. The van der Waals surface area contributed by atoms with Crippen LogP contribution in [0.2, 0.25) is 0 Å². The fraction of sp³-hybridized carbons (Fsp3) is 0.667. The Hall–Kier alpha value is -1.88. The van der Waals surface area contributed by atoms with E-state index in [0.717, 1.165) is 30.5 Å². The molecule has 1 aromatic carbocycles. The van der Waals surface area contributed by atoms with Crippen LogP contribution in [0.1, 0.15) is 62.8 Å². The van der Waals surface area contributed by atoms with Crippen LogP contribution in [0.5, 0.6) is 0 Å². The number of imide groups is 1. The van der Waals surface area contributed by atoms with E-state index in [1.54, 1.807) is 0 Å². The zero-order valence-electron chi connectivity index (χ0n) is 17.3. The van der Waals surface area contributed by atoms with Crippen molar-refractivity contribution < 1.29 is 9.59 Å². The maximum absolute atomic E-state index is 12.1. The summed E-state index contributed by atoms with van der Waals surface area (Å²) in [7, 11) is 0. The average Bonchev–Trinajstić information content (AvgIpc) is 2.73. The van der Waals surface area contributed by atoms with E-state index in [-0.39, 0.29) is 17.7 Å². The van der Waals surface area contributed by atoms with Crippen molar-refractivity contribution in [3.63, 3.8) is 0 Å². The molecule has 5 heteroatoms. The number of rotatable bonds is 3. The van der Waals surface area contributed by atoms with Crippen molar-refractivity contribution in [2.45, 2.75) is 57.3 Å². The van der Waals surface area contributed by atoms with Crippen molar-refractivity contribution in [3.8, 4) is 0 Å². The molecule has 2 N–H and O–H groups in total. The summed E-state index contributed by atoms with van der Waals surface area (Å²) in [4.78, 5) is 26.0. The number of carbonyl (C=O) groups excluding carboxylic acids is 2. The van der Waals surface area contributed by atoms with Crippen LogP contribution in [0.3, 0.4) is 0 Å². The van der Waals surface area contributed by atoms with Gasteiger partial charge in [0.1, 0.15) is 0 Å². The first-order chi connectivity index (χ1) is 14.1. The Kier molecular flexibility index (Phi) is 5.10. The third kappa shape index (κ3) is 3.81. The Morgan fingerprint density at radius 3 is 2.24 bits per heavy atom. The summed E-state index contributed by atoms with van der Waals surface area (Å²) in [5.41, 5.74) is 2.92. The van der Waals surface area contributed by atoms with E-state index in [2.05, 4.69) is 39.8 Å². The summed E-state index contributed by atoms with van der Waals surface area (Å²) in [6, 6.07) is 8.48. The standard InChI is InChI=1S/C24H33N3O2/c28-22-6-5-21(23(29)26-22)18-1-3-20(4-2-18)27-13-9-24(10-14-27)15-19(16-24)17-7-11-25-12-8-17/h1-4,17,19,21,25H,5-16H2,(H,26,28,29). The minimum Gasteiger partial charge on any atom is -0.371 e. The molecule has 4 fully saturated rings. The van der Waals surface area contributed by atoms with Crippen LogP contribution in [0.25, 0.3) is 0 Å². The lowest BCUT2D eigenvalue weighted by molar-refractivity contribution is -0.134. The number of nitrogens with one attached hydrogen (secondary N) is 2. The first-order valence-electron chi connectivity index (χ1n) is 11.5. The number of hydrogen-bond donors (Lipinski definition) is 2. The third-order valence-electron chi connectivity index (χ3n) is 8.16. The fourth-order valence-electron chi connectivity index (χ4n) is 6.28. The number of anilines is 1. The zero-order valence-corrected chi connectivity index (χ0v) is 17.3. The van der Waals surface area contributed by atoms with Gasteiger partial charge in [-0.3, -0.25) is 14.9 Å². The van der Waals surface area contributed by atoms with Crippen molar-refractivity contribution in [3.05, 3.63) is 29.8 Å². The molecule has 1 atom stereocenters. The zero-order chi connectivity index (χ0) is 19.8. The highest BCUT2D eigenvalue weighted by Gasteiger charge is 2.48. The number of nitrogens with zero attached hydrogens (tertiary/aromatic N) is 1. The third-order valence-corrected chi connectivity index (χ3v) is 8.16. The van der Waals surface area contributed by atoms with Gasteiger partial charge < -0.3 is 10.2 Å². The number of benzene rings is 1. The van der Waals surface area contributed by atoms with Crippen LogP contribution in [0.4, 0.5) is 5.69 Å². The summed E-state index contributed by atoms with van der Waals surface area (Å²) in [6.07, 6.45) is 9.38. The Morgan fingerprint density at radius 2 is 1.59 bits per heavy atom. The molecule has 0 radical (unpaired) electrons. The molecule has 1 aromatic rings. The molecule has 1 unspecified atom stereocenters. The highest BCUT2D eigenvalue weighted by Crippen LogP contribution is 2.56. The molecule has 1 spiro atoms. The number of carbonyl (C=O) groups is 2. The van der Waals surface area contributed by atoms with Crippen LogP contribution < -0.4 is 15.5 Å². The van der Waals surface area contributed by atoms with Crippen molar-refractivity contribution in [2.75, 3.05) is 31.1 Å². The van der Waals surface area contributed by atoms with Gasteiger partial charge in [0.15, 0.2) is 0 Å². The first kappa shape index (κ1) is 19.1. The highest BCUT2D eigenvalue weighted by molar-refractivity contribution is 6.00. The molecule has 3 heterocycles. The van der Waals surface area contributed by atoms with Gasteiger partial charge >= 0.3 is 0 Å². The largest absolute Gasteiger partial charge is 0.371 e. The van der Waals surface area contributed by atoms with Crippen molar-refractivity contribution in [1.29, 1.82) is 0 Å². The lowest BCUT2D eigenvalue weighted by Crippen LogP contribution is -2.50. The molecule has 3 saturated heterocycles. The van der Waals surface area contributed by atoms with Gasteiger partial charge in [0.25, 0.3) is 0 Å². The van der Waals surface area contributed by atoms with Crippen LogP contribution >= 0.6 is 0 Å². The summed E-state index contributed by atoms with van der Waals surface area (Å²) in [6.45, 7) is 4.74. The molecule has 29 heavy (non-hydrogen) atoms. The van der Waals surface area contributed by atoms with Gasteiger partial charge in [-0.25, -0.2) is 0 Å². The van der Waals surface area contributed by atoms with Gasteiger partial charge in [0, 0.05) is 25.2 Å². The van der Waals surface area contributed by atoms with Gasteiger partial charge in [0.05, 0.1) is 5.92 Å². The second kappa shape index (κ2) is 7.75. The second-order valence-corrected chi connectivity index (χ2v) is 9.84. The number of piperidine rings is 3. The van der Waals surface area contributed by atoms with E-state index < -0.39 is 0 Å². The van der Waals surface area contributed by atoms with Crippen LogP contribution in [0.15, 0.2) is 24.3 Å². The summed E-state index contributed by atoms with van der Waals surface area (Å²) in [5.74, 6) is 1.47. The Balaban J connectivity index is 1.15. The average molecular weight is 396 g/mol. The number of amides is 2. The predicted molar refractivity (Wildman–Crippen MR) is 114 cm³/mol. The van der Waals surface area contributed by atoms with Crippen LogP contribution in [0, 0.1) is 17.3 Å². The van der Waals surface area contributed by atoms with Crippen molar-refractivity contribution >= 4 is 17.5 Å². The molecule has 5 rings (SSSR count). The van der Waals surface area contributed by atoms with Gasteiger partial charge in [-0.05, 0) is 93.0 Å². The number of hydrogen-bond acceptors (Lipinski definition) is 4. The molecule has 0 bridgehead atoms. The monoisotopic (exact) mass is 395 g/mol. The molecule has 156 valence electrons. The van der Waals surface area contributed by atoms with Gasteiger partial charge in [0.2, 0.25) is 11.8 Å². The van der Waals surface area contributed by atoms with E-state index in [0.29, 0.717) is 18.3 Å². The van der Waals surface area contributed by atoms with Gasteiger partial charge in [-0.2, -0.15) is 0 Å². The molecule has 0 aromatic heterocycles. The molecule has 2 amide bonds. The van der Waals surface area contributed by atoms with E-state index >= 15 is 0 Å². The lowest BCUT2D eigenvalue weighted by Gasteiger charge is -2.55. The summed E-state index contributed by atoms with van der Waals surface area (Å²) in [5, 5.41) is 5.96. The Morgan fingerprint density at radius 1 is 0.897 bits per heavy atom. The van der Waals surface area contributed by atoms with Gasteiger partial charge in [-0.15, -0.1) is 0 Å². The lowest BCUT2D eigenvalue weighted by atomic mass is 9.53. The topological polar surface area (TPSA) is 61.4 Å². The first-order valence-corrected chi connectivity index (χ1v) is 11.5. The molecule has 1 aliphatic carbocycles. The summed E-state index contributed by atoms with van der Waals surface area (Å²) >= 11 is 0. The Bertz CT molecular complexity index is 753. The minimum atomic E-state index is -0.187. The molecule has 4 aliphatic rings. The highest BCUT2D eigenvalue weighted by atomic mass is 16.2. The molecule has 5 nitrogen and oxygen atoms in total. The van der Waals surface area contributed by atoms with Crippen LogP contribution in [-0.2, 0) is 9.59 Å². The van der Waals surface area contributed by atoms with E-state index in [1.165, 1.54) is 57.3 Å². The Labute approximate surface area is 173 Å². The molecule has 3 aliphatic heterocycles. The smallest absolute Gasteiger partial charge is 0.234 e. The quantitative estimate of drug-likeness (QED) is 0.772. The van der Waals surface area contributed by atoms with E-state index in [1.807, 2.05) is 0 Å². The van der Waals surface area contributed by atoms with Crippen LogP contribution in [-0.4, -0.2) is 38.0 Å². The van der Waals surface area contributed by atoms with Crippen molar-refractivity contribution in [2.24, 2.45) is 17.3 Å². The maximum Gasteiger partial charge on any atom is 0.234 e. The molecule has 1 saturated carbocycles. The molecular weight excluding hydrogens is 362 g/mol. The second-order valence-electron chi connectivity index (χ2n) is 9.84. The van der Waals surface area contributed by atoms with E-state index in [4.69, 9.17) is 0 Å². The van der Waals surface area contributed by atoms with Gasteiger partial charge in [-0.1, -0.05) is 12.1 Å². The van der Waals surface area contributed by atoms with Crippen molar-refractivity contribution in [1.82, 2.24) is 10.6 Å². The van der Waals surface area contributed by atoms with E-state index in [9.17, 15) is 9.59 Å². The minimum absolute atomic E-state index is 0.150. The SMILES string of the molecule is O=C1CCC(c2ccc(N3CCC4(CC3)CC(C3CCNCC3)C4)cc2)C(=O)N1. The fourth-order valence-corrected chi connectivity index (χ4v) is 6.28. The summed E-state index contributed by atoms with van der Waals surface area (Å²) < 4.78 is 0. The predicted octanol–water partition coefficient (Wildman–Crippen LogP) is 3.20. The molecular formula is C24H33N3O2.